The van der Waals surface area contributed by atoms with E-state index in [0.717, 1.165) is 48.6 Å². The Morgan fingerprint density at radius 3 is 2.20 bits per heavy atom. The first-order valence-corrected chi connectivity index (χ1v) is 19.3. The monoisotopic (exact) mass is 759 g/mol. The molecule has 3 aliphatic heterocycles. The molecule has 4 atom stereocenters. The maximum Gasteiger partial charge on any atom is 0.416 e. The lowest BCUT2D eigenvalue weighted by Crippen LogP contribution is -2.57. The Bertz CT molecular complexity index is 1580. The van der Waals surface area contributed by atoms with Crippen LogP contribution in [0.15, 0.2) is 42.5 Å². The zero-order chi connectivity index (χ0) is 38.6. The number of hydrogen-bond donors (Lipinski definition) is 0. The van der Waals surface area contributed by atoms with Gasteiger partial charge in [-0.05, 0) is 87.3 Å². The highest BCUT2D eigenvalue weighted by Crippen LogP contribution is 2.47. The molecule has 2 aromatic carbocycles. The van der Waals surface area contributed by atoms with Crippen molar-refractivity contribution in [3.05, 3.63) is 59.2 Å². The lowest BCUT2D eigenvalue weighted by atomic mass is 9.83. The van der Waals surface area contributed by atoms with Gasteiger partial charge in [0.05, 0.1) is 44.5 Å². The second kappa shape index (κ2) is 17.2. The van der Waals surface area contributed by atoms with E-state index in [1.807, 2.05) is 41.0 Å². The minimum atomic E-state index is -4.52. The van der Waals surface area contributed by atoms with E-state index in [-0.39, 0.29) is 54.4 Å². The predicted molar refractivity (Wildman–Crippen MR) is 198 cm³/mol. The number of likely N-dealkylation sites (tertiary alicyclic amines) is 2. The third-order valence-electron chi connectivity index (χ3n) is 12.4. The lowest BCUT2D eigenvalue weighted by Gasteiger charge is -2.39. The van der Waals surface area contributed by atoms with Crippen molar-refractivity contribution in [1.82, 2.24) is 9.80 Å². The van der Waals surface area contributed by atoms with Gasteiger partial charge in [-0.1, -0.05) is 18.2 Å². The summed E-state index contributed by atoms with van der Waals surface area (Å²) in [5.74, 6) is -0.513. The molecule has 0 spiro atoms. The Labute approximate surface area is 317 Å². The molecule has 2 aromatic rings. The Hall–Kier alpha value is -3.39. The minimum absolute atomic E-state index is 0.131. The van der Waals surface area contributed by atoms with Gasteiger partial charge >= 0.3 is 12.1 Å². The van der Waals surface area contributed by atoms with Gasteiger partial charge in [-0.25, -0.2) is 0 Å². The van der Waals surface area contributed by atoms with Crippen LogP contribution in [0.25, 0.3) is 0 Å². The molecule has 10 nitrogen and oxygen atoms in total. The van der Waals surface area contributed by atoms with Crippen molar-refractivity contribution in [2.75, 3.05) is 79.3 Å². The van der Waals surface area contributed by atoms with E-state index in [4.69, 9.17) is 23.7 Å². The van der Waals surface area contributed by atoms with Crippen molar-refractivity contribution in [2.24, 2.45) is 5.92 Å². The van der Waals surface area contributed by atoms with Crippen LogP contribution in [0, 0.1) is 5.92 Å². The van der Waals surface area contributed by atoms with Gasteiger partial charge in [0.1, 0.15) is 5.75 Å². The van der Waals surface area contributed by atoms with Crippen molar-refractivity contribution < 1.29 is 46.4 Å². The van der Waals surface area contributed by atoms with Gasteiger partial charge in [-0.2, -0.15) is 13.2 Å². The van der Waals surface area contributed by atoms with Crippen molar-refractivity contribution in [3.63, 3.8) is 0 Å². The number of hydrogen-bond acceptors (Lipinski definition) is 9. The molecule has 0 N–H and O–H groups in total. The minimum Gasteiger partial charge on any atom is -0.497 e. The number of esters is 1. The first-order valence-electron chi connectivity index (χ1n) is 19.3. The zero-order valence-electron chi connectivity index (χ0n) is 32.2. The molecule has 54 heavy (non-hydrogen) atoms. The molecule has 0 radical (unpaired) electrons. The molecule has 1 aliphatic carbocycles. The average Bonchev–Trinajstić information content (AvgIpc) is 3.80. The number of anilines is 1. The van der Waals surface area contributed by atoms with Gasteiger partial charge in [0.25, 0.3) is 5.91 Å². The molecule has 4 fully saturated rings. The number of carbonyl (C=O) groups is 2. The number of nitrogens with zero attached hydrogens (tertiary/aromatic N) is 3. The van der Waals surface area contributed by atoms with Crippen LogP contribution >= 0.6 is 0 Å². The summed E-state index contributed by atoms with van der Waals surface area (Å²) in [5, 5.41) is 0. The van der Waals surface area contributed by atoms with Gasteiger partial charge in [-0.3, -0.25) is 14.5 Å². The van der Waals surface area contributed by atoms with E-state index in [0.29, 0.717) is 64.3 Å². The molecule has 1 amide bonds. The van der Waals surface area contributed by atoms with Crippen LogP contribution in [0.5, 0.6) is 5.75 Å². The van der Waals surface area contributed by atoms with Crippen molar-refractivity contribution >= 4 is 17.6 Å². The number of piperidine rings is 1. The molecule has 298 valence electrons. The number of halogens is 3. The van der Waals surface area contributed by atoms with E-state index in [1.165, 1.54) is 13.2 Å². The molecule has 2 unspecified atom stereocenters. The highest BCUT2D eigenvalue weighted by atomic mass is 19.4. The average molecular weight is 760 g/mol. The van der Waals surface area contributed by atoms with Crippen molar-refractivity contribution in [2.45, 2.75) is 93.7 Å². The summed E-state index contributed by atoms with van der Waals surface area (Å²) in [5.41, 5.74) is 0.308. The molecule has 3 heterocycles. The second-order valence-electron chi connectivity index (χ2n) is 15.3. The van der Waals surface area contributed by atoms with Crippen LogP contribution < -0.4 is 9.64 Å². The summed E-state index contributed by atoms with van der Waals surface area (Å²) >= 11 is 0. The van der Waals surface area contributed by atoms with Gasteiger partial charge in [0.15, 0.2) is 5.60 Å². The van der Waals surface area contributed by atoms with Crippen LogP contribution in [-0.4, -0.2) is 120 Å². The van der Waals surface area contributed by atoms with Crippen LogP contribution in [0.3, 0.4) is 0 Å². The fourth-order valence-corrected chi connectivity index (χ4v) is 9.52. The normalized spacial score (nSPS) is 28.4. The molecule has 6 rings (SSSR count). The van der Waals surface area contributed by atoms with Crippen LogP contribution in [0.2, 0.25) is 0 Å². The third kappa shape index (κ3) is 8.24. The van der Waals surface area contributed by atoms with E-state index in [1.54, 1.807) is 27.4 Å². The Balaban J connectivity index is 1.31. The summed E-state index contributed by atoms with van der Waals surface area (Å²) in [6.45, 7) is 5.22. The van der Waals surface area contributed by atoms with E-state index in [9.17, 15) is 18.0 Å². The molecular formula is C41H56F3N3O7. The topological polar surface area (TPSA) is 90.0 Å². The number of amides is 1. The highest BCUT2D eigenvalue weighted by Gasteiger charge is 2.58. The van der Waals surface area contributed by atoms with Crippen LogP contribution in [-0.2, 0) is 34.7 Å². The summed E-state index contributed by atoms with van der Waals surface area (Å²) in [6, 6.07) is 11.8. The van der Waals surface area contributed by atoms with Crippen molar-refractivity contribution in [3.8, 4) is 5.75 Å². The molecule has 3 saturated heterocycles. The van der Waals surface area contributed by atoms with E-state index < -0.39 is 17.3 Å². The Morgan fingerprint density at radius 1 is 0.907 bits per heavy atom. The summed E-state index contributed by atoms with van der Waals surface area (Å²) in [4.78, 5) is 33.8. The zero-order valence-corrected chi connectivity index (χ0v) is 32.2. The lowest BCUT2D eigenvalue weighted by molar-refractivity contribution is -0.157. The van der Waals surface area contributed by atoms with Crippen LogP contribution in [0.1, 0.15) is 80.4 Å². The standard InChI is InChI=1S/C41H56F3N3O7/c1-6-54-34-14-10-31(11-15-34)46-24-36(27-7-12-33(51-3)13-8-27)40(26-46,53-5)39(49)47-23-29(21-32(47)25-50-2)35-16-9-30(41(42,43)44)22-37(35)45-19-17-28(18-20-45)38(48)52-4/h7-9,12-13,16,22,28-29,31-32,34,36H,6,10-11,14-15,17-21,23-26H2,1-5H3/t29-,31-,32+,34-,36?,40?/m1/s1. The van der Waals surface area contributed by atoms with Gasteiger partial charge in [0.2, 0.25) is 0 Å². The Kier molecular flexibility index (Phi) is 12.8. The molecule has 4 aliphatic rings. The SMILES string of the molecule is CCO[C@H]1CC[C@H](N2CC(c3ccc(OC)cc3)C(OC)(C(=O)N3C[C@H](c4ccc(C(F)(F)F)cc4N4CCC(C(=O)OC)CC4)C[C@H]3COC)C2)CC1. The number of alkyl halides is 3. The number of methoxy groups -OCH3 is 4. The largest absolute Gasteiger partial charge is 0.497 e. The summed E-state index contributed by atoms with van der Waals surface area (Å²) in [7, 11) is 6.20. The van der Waals surface area contributed by atoms with Gasteiger partial charge < -0.3 is 33.5 Å². The van der Waals surface area contributed by atoms with Gasteiger partial charge in [0, 0.05) is 77.1 Å². The smallest absolute Gasteiger partial charge is 0.416 e. The number of carbonyl (C=O) groups excluding carboxylic acids is 2. The highest BCUT2D eigenvalue weighted by molar-refractivity contribution is 5.88. The van der Waals surface area contributed by atoms with E-state index >= 15 is 4.79 Å². The predicted octanol–water partition coefficient (Wildman–Crippen LogP) is 6.27. The molecule has 0 aromatic heterocycles. The van der Waals surface area contributed by atoms with Gasteiger partial charge in [-0.15, -0.1) is 0 Å². The molecular weight excluding hydrogens is 703 g/mol. The van der Waals surface area contributed by atoms with E-state index in [2.05, 4.69) is 4.90 Å². The number of benzene rings is 2. The summed E-state index contributed by atoms with van der Waals surface area (Å²) < 4.78 is 70.8. The quantitative estimate of drug-likeness (QED) is 0.233. The first kappa shape index (κ1) is 40.3. The Morgan fingerprint density at radius 2 is 1.61 bits per heavy atom. The maximum atomic E-state index is 15.3. The second-order valence-corrected chi connectivity index (χ2v) is 15.3. The third-order valence-corrected chi connectivity index (χ3v) is 12.4. The fraction of sp³-hybridized carbons (Fsp3) is 0.659. The van der Waals surface area contributed by atoms with Crippen LogP contribution in [0.4, 0.5) is 18.9 Å². The molecule has 0 bridgehead atoms. The fourth-order valence-electron chi connectivity index (χ4n) is 9.52. The number of rotatable bonds is 12. The van der Waals surface area contributed by atoms with Crippen molar-refractivity contribution in [1.29, 1.82) is 0 Å². The maximum absolute atomic E-state index is 15.3. The number of ether oxygens (including phenoxy) is 5. The molecule has 1 saturated carbocycles. The first-order chi connectivity index (χ1) is 26.0. The molecule has 13 heteroatoms. The summed E-state index contributed by atoms with van der Waals surface area (Å²) in [6.07, 6.45) is 1.10.